The van der Waals surface area contributed by atoms with E-state index < -0.39 is 0 Å². The molecule has 2 aromatic heterocycles. The number of hydrogen-bond donors (Lipinski definition) is 1. The van der Waals surface area contributed by atoms with Crippen molar-refractivity contribution in [3.05, 3.63) is 40.7 Å². The first-order chi connectivity index (χ1) is 10.2. The third-order valence-electron chi connectivity index (χ3n) is 3.61. The van der Waals surface area contributed by atoms with Gasteiger partial charge in [-0.1, -0.05) is 0 Å². The molecule has 0 amide bonds. The molecule has 3 rings (SSSR count). The third-order valence-corrected chi connectivity index (χ3v) is 3.61. The second-order valence-corrected chi connectivity index (χ2v) is 5.19. The van der Waals surface area contributed by atoms with Gasteiger partial charge in [-0.3, -0.25) is 9.78 Å². The molecule has 1 saturated heterocycles. The van der Waals surface area contributed by atoms with E-state index in [0.29, 0.717) is 18.1 Å². The summed E-state index contributed by atoms with van der Waals surface area (Å²) in [5.41, 5.74) is 6.92. The number of rotatable bonds is 3. The third kappa shape index (κ3) is 3.18. The molecular formula is C14H18N6O. The number of nitrogens with two attached hydrogens (primary N) is 1. The van der Waals surface area contributed by atoms with Crippen molar-refractivity contribution >= 4 is 11.5 Å². The van der Waals surface area contributed by atoms with Gasteiger partial charge >= 0.3 is 0 Å². The second-order valence-electron chi connectivity index (χ2n) is 5.19. The Morgan fingerprint density at radius 3 is 2.57 bits per heavy atom. The predicted octanol–water partition coefficient (Wildman–Crippen LogP) is 0.654. The van der Waals surface area contributed by atoms with E-state index in [2.05, 4.69) is 20.0 Å². The van der Waals surface area contributed by atoms with Gasteiger partial charge in [0.1, 0.15) is 5.82 Å². The van der Waals surface area contributed by atoms with Crippen LogP contribution in [0.2, 0.25) is 0 Å². The van der Waals surface area contributed by atoms with Gasteiger partial charge in [0.05, 0.1) is 36.5 Å². The van der Waals surface area contributed by atoms with E-state index in [4.69, 9.17) is 5.73 Å². The summed E-state index contributed by atoms with van der Waals surface area (Å²) in [6.45, 7) is 2.29. The molecule has 1 fully saturated rings. The summed E-state index contributed by atoms with van der Waals surface area (Å²) in [5.74, 6) is 0.361. The zero-order valence-corrected chi connectivity index (χ0v) is 11.8. The molecule has 110 valence electrons. The first-order valence-electron chi connectivity index (χ1n) is 7.11. The van der Waals surface area contributed by atoms with Crippen molar-refractivity contribution in [2.75, 3.05) is 23.7 Å². The highest BCUT2D eigenvalue weighted by atomic mass is 16.1. The van der Waals surface area contributed by atoms with Gasteiger partial charge in [0.15, 0.2) is 0 Å². The van der Waals surface area contributed by atoms with E-state index >= 15 is 0 Å². The molecule has 0 unspecified atom stereocenters. The van der Waals surface area contributed by atoms with Crippen molar-refractivity contribution in [3.8, 4) is 0 Å². The number of anilines is 2. The fraction of sp³-hybridized carbons (Fsp3) is 0.429. The topological polar surface area (TPSA) is 89.9 Å². The van der Waals surface area contributed by atoms with Crippen molar-refractivity contribution in [2.24, 2.45) is 0 Å². The molecule has 1 aliphatic rings. The van der Waals surface area contributed by atoms with Gasteiger partial charge in [-0.2, -0.15) is 5.10 Å². The van der Waals surface area contributed by atoms with E-state index in [0.717, 1.165) is 18.8 Å². The van der Waals surface area contributed by atoms with Gasteiger partial charge in [-0.05, 0) is 19.3 Å². The molecule has 3 heterocycles. The average Bonchev–Trinajstić information content (AvgIpc) is 2.52. The minimum Gasteiger partial charge on any atom is -0.382 e. The molecule has 21 heavy (non-hydrogen) atoms. The van der Waals surface area contributed by atoms with Gasteiger partial charge in [0.2, 0.25) is 0 Å². The second kappa shape index (κ2) is 5.90. The molecule has 0 spiro atoms. The summed E-state index contributed by atoms with van der Waals surface area (Å²) in [7, 11) is 0. The van der Waals surface area contributed by atoms with Crippen LogP contribution in [0.4, 0.5) is 11.5 Å². The number of hydrogen-bond acceptors (Lipinski definition) is 6. The predicted molar refractivity (Wildman–Crippen MR) is 80.1 cm³/mol. The Balaban J connectivity index is 1.77. The minimum atomic E-state index is -0.128. The molecule has 0 aromatic carbocycles. The zero-order chi connectivity index (χ0) is 14.7. The summed E-state index contributed by atoms with van der Waals surface area (Å²) in [6.07, 6.45) is 8.38. The van der Waals surface area contributed by atoms with E-state index in [1.54, 1.807) is 18.5 Å². The first kappa shape index (κ1) is 13.5. The average molecular weight is 286 g/mol. The lowest BCUT2D eigenvalue weighted by atomic mass is 10.1. The molecule has 2 N–H and O–H groups in total. The molecule has 2 aromatic rings. The number of piperidine rings is 1. The first-order valence-corrected chi connectivity index (χ1v) is 7.11. The summed E-state index contributed by atoms with van der Waals surface area (Å²) in [6, 6.07) is 1.64. The van der Waals surface area contributed by atoms with Crippen LogP contribution >= 0.6 is 0 Å². The molecule has 0 aliphatic carbocycles. The number of nitrogens with zero attached hydrogens (tertiary/aromatic N) is 5. The normalized spacial score (nSPS) is 15.1. The Hall–Kier alpha value is -2.44. The van der Waals surface area contributed by atoms with Crippen LogP contribution in [0.5, 0.6) is 0 Å². The Morgan fingerprint density at radius 1 is 1.10 bits per heavy atom. The minimum absolute atomic E-state index is 0.128. The Kier molecular flexibility index (Phi) is 3.81. The highest BCUT2D eigenvalue weighted by molar-refractivity contribution is 5.43. The molecule has 7 heteroatoms. The maximum Gasteiger partial charge on any atom is 0.269 e. The maximum atomic E-state index is 12.2. The van der Waals surface area contributed by atoms with Crippen LogP contribution in [-0.2, 0) is 6.54 Å². The van der Waals surface area contributed by atoms with Crippen LogP contribution < -0.4 is 16.2 Å². The lowest BCUT2D eigenvalue weighted by Crippen LogP contribution is -2.32. The standard InChI is InChI=1S/C14H18N6O/c15-13-9-16-11(7-17-13)10-20-14(21)6-12(8-18-20)19-4-2-1-3-5-19/h6-9H,1-5,10H2,(H2,15,17). The maximum absolute atomic E-state index is 12.2. The van der Waals surface area contributed by atoms with Crippen molar-refractivity contribution in [1.82, 2.24) is 19.7 Å². The summed E-state index contributed by atoms with van der Waals surface area (Å²) < 4.78 is 1.38. The van der Waals surface area contributed by atoms with Gasteiger partial charge < -0.3 is 10.6 Å². The van der Waals surface area contributed by atoms with Crippen LogP contribution in [0.15, 0.2) is 29.5 Å². The molecule has 0 radical (unpaired) electrons. The van der Waals surface area contributed by atoms with Crippen LogP contribution in [0, 0.1) is 0 Å². The van der Waals surface area contributed by atoms with E-state index in [-0.39, 0.29) is 5.56 Å². The highest BCUT2D eigenvalue weighted by Crippen LogP contribution is 2.16. The van der Waals surface area contributed by atoms with Gasteiger partial charge in [0.25, 0.3) is 5.56 Å². The number of nitrogen functional groups attached to an aromatic ring is 1. The zero-order valence-electron chi connectivity index (χ0n) is 11.8. The monoisotopic (exact) mass is 286 g/mol. The quantitative estimate of drug-likeness (QED) is 0.891. The SMILES string of the molecule is Nc1cnc(Cn2ncc(N3CCCCC3)cc2=O)cn1. The molecule has 7 nitrogen and oxygen atoms in total. The Morgan fingerprint density at radius 2 is 1.90 bits per heavy atom. The molecule has 1 aliphatic heterocycles. The van der Waals surface area contributed by atoms with Crippen molar-refractivity contribution < 1.29 is 0 Å². The van der Waals surface area contributed by atoms with Crippen molar-refractivity contribution in [2.45, 2.75) is 25.8 Å². The van der Waals surface area contributed by atoms with Crippen LogP contribution in [0.3, 0.4) is 0 Å². The Bertz CT molecular complexity index is 660. The van der Waals surface area contributed by atoms with E-state index in [1.165, 1.54) is 30.1 Å². The summed E-state index contributed by atoms with van der Waals surface area (Å²) in [5, 5.41) is 4.23. The molecular weight excluding hydrogens is 268 g/mol. The summed E-state index contributed by atoms with van der Waals surface area (Å²) in [4.78, 5) is 22.5. The lowest BCUT2D eigenvalue weighted by Gasteiger charge is -2.28. The molecule has 0 atom stereocenters. The van der Waals surface area contributed by atoms with Crippen molar-refractivity contribution in [3.63, 3.8) is 0 Å². The fourth-order valence-electron chi connectivity index (χ4n) is 2.47. The number of aromatic nitrogens is 4. The molecule has 0 saturated carbocycles. The fourth-order valence-corrected chi connectivity index (χ4v) is 2.47. The van der Waals surface area contributed by atoms with Crippen LogP contribution in [0.25, 0.3) is 0 Å². The van der Waals surface area contributed by atoms with Crippen LogP contribution in [0.1, 0.15) is 25.0 Å². The Labute approximate surface area is 122 Å². The smallest absolute Gasteiger partial charge is 0.269 e. The largest absolute Gasteiger partial charge is 0.382 e. The van der Waals surface area contributed by atoms with Crippen LogP contribution in [-0.4, -0.2) is 32.8 Å². The lowest BCUT2D eigenvalue weighted by molar-refractivity contribution is 0.570. The van der Waals surface area contributed by atoms with Gasteiger partial charge in [-0.25, -0.2) is 9.67 Å². The summed E-state index contributed by atoms with van der Waals surface area (Å²) >= 11 is 0. The van der Waals surface area contributed by atoms with E-state index in [1.807, 2.05) is 0 Å². The highest BCUT2D eigenvalue weighted by Gasteiger charge is 2.12. The van der Waals surface area contributed by atoms with Crippen molar-refractivity contribution in [1.29, 1.82) is 0 Å². The van der Waals surface area contributed by atoms with Gasteiger partial charge in [0, 0.05) is 19.2 Å². The van der Waals surface area contributed by atoms with E-state index in [9.17, 15) is 4.79 Å². The van der Waals surface area contributed by atoms with Gasteiger partial charge in [-0.15, -0.1) is 0 Å². The molecule has 0 bridgehead atoms.